The summed E-state index contributed by atoms with van der Waals surface area (Å²) in [6.07, 6.45) is 3.95. The van der Waals surface area contributed by atoms with E-state index in [2.05, 4.69) is 46.7 Å². The van der Waals surface area contributed by atoms with E-state index in [-0.39, 0.29) is 6.04 Å². The molecular weight excluding hydrogens is 342 g/mol. The molecule has 2 aromatic carbocycles. The molecule has 1 saturated heterocycles. The van der Waals surface area contributed by atoms with Gasteiger partial charge in [-0.1, -0.05) is 18.2 Å². The van der Waals surface area contributed by atoms with Crippen molar-refractivity contribution in [2.75, 3.05) is 30.4 Å². The number of ether oxygens (including phenoxy) is 1. The van der Waals surface area contributed by atoms with Crippen LogP contribution >= 0.6 is 12.2 Å². The minimum atomic E-state index is 0.135. The molecule has 0 aromatic heterocycles. The second kappa shape index (κ2) is 8.90. The van der Waals surface area contributed by atoms with E-state index < -0.39 is 0 Å². The highest BCUT2D eigenvalue weighted by molar-refractivity contribution is 7.80. The second-order valence-electron chi connectivity index (χ2n) is 6.69. The van der Waals surface area contributed by atoms with E-state index in [9.17, 15) is 0 Å². The van der Waals surface area contributed by atoms with Gasteiger partial charge >= 0.3 is 0 Å². The third-order valence-electron chi connectivity index (χ3n) is 4.79. The van der Waals surface area contributed by atoms with Gasteiger partial charge in [-0.05, 0) is 68.2 Å². The lowest BCUT2D eigenvalue weighted by atomic mass is 10.1. The fourth-order valence-electron chi connectivity index (χ4n) is 3.27. The number of piperidine rings is 1. The first-order valence-corrected chi connectivity index (χ1v) is 9.63. The molecule has 1 heterocycles. The number of hydrogen-bond acceptors (Lipinski definition) is 3. The molecule has 3 rings (SSSR count). The molecule has 138 valence electrons. The van der Waals surface area contributed by atoms with Crippen LogP contribution in [0.3, 0.4) is 0 Å². The Hall–Kier alpha value is -2.27. The normalized spacial score (nSPS) is 15.2. The number of benzene rings is 2. The van der Waals surface area contributed by atoms with Crippen molar-refractivity contribution in [1.82, 2.24) is 5.32 Å². The minimum absolute atomic E-state index is 0.135. The van der Waals surface area contributed by atoms with Crippen LogP contribution in [0.25, 0.3) is 0 Å². The highest BCUT2D eigenvalue weighted by Gasteiger charge is 2.12. The average Bonchev–Trinajstić information content (AvgIpc) is 2.69. The summed E-state index contributed by atoms with van der Waals surface area (Å²) in [6, 6.07) is 16.7. The molecule has 0 unspecified atom stereocenters. The van der Waals surface area contributed by atoms with Crippen LogP contribution in [0.5, 0.6) is 5.75 Å². The zero-order valence-corrected chi connectivity index (χ0v) is 16.3. The van der Waals surface area contributed by atoms with Crippen LogP contribution in [-0.2, 0) is 0 Å². The van der Waals surface area contributed by atoms with Crippen molar-refractivity contribution >= 4 is 28.7 Å². The topological polar surface area (TPSA) is 36.5 Å². The highest BCUT2D eigenvalue weighted by atomic mass is 32.1. The summed E-state index contributed by atoms with van der Waals surface area (Å²) in [6.45, 7) is 4.46. The Kier molecular flexibility index (Phi) is 6.34. The summed E-state index contributed by atoms with van der Waals surface area (Å²) < 4.78 is 5.24. The van der Waals surface area contributed by atoms with Crippen molar-refractivity contribution in [3.05, 3.63) is 54.1 Å². The van der Waals surface area contributed by atoms with Crippen LogP contribution in [0, 0.1) is 0 Å². The van der Waals surface area contributed by atoms with Crippen LogP contribution in [0.15, 0.2) is 48.5 Å². The molecule has 26 heavy (non-hydrogen) atoms. The van der Waals surface area contributed by atoms with E-state index >= 15 is 0 Å². The monoisotopic (exact) mass is 369 g/mol. The number of rotatable bonds is 5. The smallest absolute Gasteiger partial charge is 0.171 e. The summed E-state index contributed by atoms with van der Waals surface area (Å²) in [5, 5.41) is 7.16. The standard InChI is InChI=1S/C21H27N3OS/c1-16(22-21(26)23-18-7-6-8-20(15-18)25-2)17-9-11-19(12-10-17)24-13-4-3-5-14-24/h6-12,15-16H,3-5,13-14H2,1-2H3,(H2,22,23,26)/t16-/m0/s1. The predicted molar refractivity (Wildman–Crippen MR) is 113 cm³/mol. The van der Waals surface area contributed by atoms with E-state index in [1.807, 2.05) is 24.3 Å². The van der Waals surface area contributed by atoms with Gasteiger partial charge in [-0.2, -0.15) is 0 Å². The van der Waals surface area contributed by atoms with Gasteiger partial charge in [-0.3, -0.25) is 0 Å². The molecule has 0 radical (unpaired) electrons. The third-order valence-corrected chi connectivity index (χ3v) is 5.01. The lowest BCUT2D eigenvalue weighted by Crippen LogP contribution is -2.31. The Morgan fingerprint density at radius 1 is 1.08 bits per heavy atom. The van der Waals surface area contributed by atoms with Gasteiger partial charge in [0.25, 0.3) is 0 Å². The maximum Gasteiger partial charge on any atom is 0.171 e. The SMILES string of the molecule is COc1cccc(NC(=S)N[C@@H](C)c2ccc(N3CCCCC3)cc2)c1. The van der Waals surface area contributed by atoms with Crippen LogP contribution in [-0.4, -0.2) is 25.3 Å². The van der Waals surface area contributed by atoms with Crippen molar-refractivity contribution in [2.45, 2.75) is 32.2 Å². The van der Waals surface area contributed by atoms with Gasteiger partial charge in [0, 0.05) is 30.5 Å². The molecule has 1 aliphatic rings. The van der Waals surface area contributed by atoms with Gasteiger partial charge in [0.05, 0.1) is 13.2 Å². The quantitative estimate of drug-likeness (QED) is 0.745. The zero-order chi connectivity index (χ0) is 18.4. The molecule has 1 fully saturated rings. The maximum atomic E-state index is 5.45. The summed E-state index contributed by atoms with van der Waals surface area (Å²) in [5.41, 5.74) is 3.45. The molecule has 1 aliphatic heterocycles. The Bertz CT molecular complexity index is 726. The Morgan fingerprint density at radius 2 is 1.81 bits per heavy atom. The third kappa shape index (κ3) is 4.88. The summed E-state index contributed by atoms with van der Waals surface area (Å²) in [7, 11) is 1.66. The molecule has 0 saturated carbocycles. The fourth-order valence-corrected chi connectivity index (χ4v) is 3.57. The first-order chi connectivity index (χ1) is 12.7. The molecular formula is C21H27N3OS. The first kappa shape index (κ1) is 18.5. The molecule has 2 aromatic rings. The number of anilines is 2. The minimum Gasteiger partial charge on any atom is -0.497 e. The zero-order valence-electron chi connectivity index (χ0n) is 15.5. The molecule has 1 atom stereocenters. The maximum absolute atomic E-state index is 5.45. The molecule has 4 nitrogen and oxygen atoms in total. The summed E-state index contributed by atoms with van der Waals surface area (Å²) in [4.78, 5) is 2.47. The predicted octanol–water partition coefficient (Wildman–Crippen LogP) is 4.73. The fraction of sp³-hybridized carbons (Fsp3) is 0.381. The highest BCUT2D eigenvalue weighted by Crippen LogP contribution is 2.23. The van der Waals surface area contributed by atoms with E-state index in [0.29, 0.717) is 5.11 Å². The van der Waals surface area contributed by atoms with Crippen molar-refractivity contribution in [3.63, 3.8) is 0 Å². The van der Waals surface area contributed by atoms with Gasteiger partial charge in [-0.25, -0.2) is 0 Å². The van der Waals surface area contributed by atoms with E-state index in [1.165, 1.54) is 43.6 Å². The lowest BCUT2D eigenvalue weighted by Gasteiger charge is -2.29. The number of nitrogens with zero attached hydrogens (tertiary/aromatic N) is 1. The first-order valence-electron chi connectivity index (χ1n) is 9.22. The van der Waals surface area contributed by atoms with E-state index in [0.717, 1.165) is 11.4 Å². The van der Waals surface area contributed by atoms with E-state index in [1.54, 1.807) is 7.11 Å². The lowest BCUT2D eigenvalue weighted by molar-refractivity contribution is 0.415. The molecule has 5 heteroatoms. The number of thiocarbonyl (C=S) groups is 1. The van der Waals surface area contributed by atoms with Gasteiger partial charge in [0.15, 0.2) is 5.11 Å². The number of nitrogens with one attached hydrogen (secondary N) is 2. The van der Waals surface area contributed by atoms with Gasteiger partial charge in [0.2, 0.25) is 0 Å². The molecule has 2 N–H and O–H groups in total. The summed E-state index contributed by atoms with van der Waals surface area (Å²) in [5.74, 6) is 0.805. The van der Waals surface area contributed by atoms with Crippen LogP contribution in [0.2, 0.25) is 0 Å². The van der Waals surface area contributed by atoms with Crippen molar-refractivity contribution in [1.29, 1.82) is 0 Å². The van der Waals surface area contributed by atoms with Gasteiger partial charge < -0.3 is 20.3 Å². The van der Waals surface area contributed by atoms with Crippen LogP contribution in [0.1, 0.15) is 37.8 Å². The average molecular weight is 370 g/mol. The molecule has 0 bridgehead atoms. The van der Waals surface area contributed by atoms with Crippen LogP contribution < -0.4 is 20.3 Å². The van der Waals surface area contributed by atoms with Crippen molar-refractivity contribution in [3.8, 4) is 5.75 Å². The number of hydrogen-bond donors (Lipinski definition) is 2. The van der Waals surface area contributed by atoms with Crippen molar-refractivity contribution < 1.29 is 4.74 Å². The Labute approximate surface area is 161 Å². The second-order valence-corrected chi connectivity index (χ2v) is 7.10. The molecule has 0 amide bonds. The van der Waals surface area contributed by atoms with Gasteiger partial charge in [0.1, 0.15) is 5.75 Å². The Balaban J connectivity index is 1.56. The van der Waals surface area contributed by atoms with Crippen molar-refractivity contribution in [2.24, 2.45) is 0 Å². The van der Waals surface area contributed by atoms with Crippen LogP contribution in [0.4, 0.5) is 11.4 Å². The van der Waals surface area contributed by atoms with Gasteiger partial charge in [-0.15, -0.1) is 0 Å². The molecule has 0 aliphatic carbocycles. The summed E-state index contributed by atoms with van der Waals surface area (Å²) >= 11 is 5.45. The largest absolute Gasteiger partial charge is 0.497 e. The Morgan fingerprint density at radius 3 is 2.50 bits per heavy atom. The van der Waals surface area contributed by atoms with E-state index in [4.69, 9.17) is 17.0 Å². The number of methoxy groups -OCH3 is 1. The molecule has 0 spiro atoms.